The van der Waals surface area contributed by atoms with Crippen LogP contribution in [0.15, 0.2) is 36.4 Å². The highest BCUT2D eigenvalue weighted by molar-refractivity contribution is 5.52. The number of aryl methyl sites for hydroxylation is 1. The quantitative estimate of drug-likeness (QED) is 0.924. The number of halogens is 1. The lowest BCUT2D eigenvalue weighted by molar-refractivity contribution is 0.612. The largest absolute Gasteiger partial charge is 0.381 e. The molecule has 0 radical (unpaired) electrons. The zero-order valence-electron chi connectivity index (χ0n) is 10.9. The van der Waals surface area contributed by atoms with Crippen LogP contribution in [0.4, 0.5) is 10.1 Å². The maximum Gasteiger partial charge on any atom is 0.129 e. The van der Waals surface area contributed by atoms with Crippen LogP contribution in [0.3, 0.4) is 0 Å². The first-order valence-electron chi connectivity index (χ1n) is 6.07. The lowest BCUT2D eigenvalue weighted by Crippen LogP contribution is -2.02. The molecule has 4 heteroatoms. The Morgan fingerprint density at radius 2 is 1.90 bits per heavy atom. The van der Waals surface area contributed by atoms with Gasteiger partial charge in [-0.1, -0.05) is 6.07 Å². The van der Waals surface area contributed by atoms with Gasteiger partial charge in [-0.15, -0.1) is 0 Å². The second-order valence-electron chi connectivity index (χ2n) is 4.41. The van der Waals surface area contributed by atoms with Crippen molar-refractivity contribution < 1.29 is 4.39 Å². The van der Waals surface area contributed by atoms with Crippen molar-refractivity contribution in [3.05, 3.63) is 64.5 Å². The van der Waals surface area contributed by atoms with Gasteiger partial charge in [0.1, 0.15) is 5.82 Å². The second kappa shape index (κ2) is 5.86. The predicted molar refractivity (Wildman–Crippen MR) is 74.3 cm³/mol. The highest BCUT2D eigenvalue weighted by atomic mass is 19.1. The molecule has 0 heterocycles. The van der Waals surface area contributed by atoms with Crippen molar-refractivity contribution in [1.29, 1.82) is 10.5 Å². The van der Waals surface area contributed by atoms with Gasteiger partial charge in [0.25, 0.3) is 0 Å². The molecule has 0 bridgehead atoms. The second-order valence-corrected chi connectivity index (χ2v) is 4.41. The van der Waals surface area contributed by atoms with Crippen molar-refractivity contribution in [2.24, 2.45) is 0 Å². The number of nitriles is 2. The standard InChI is InChI=1S/C16H12FN3/c1-11-6-15(5-4-13(11)9-19)20-10-14-3-2-12(8-18)7-16(14)17/h2-7,20H,10H2,1H3. The summed E-state index contributed by atoms with van der Waals surface area (Å²) in [5.41, 5.74) is 3.12. The summed E-state index contributed by atoms with van der Waals surface area (Å²) in [7, 11) is 0. The van der Waals surface area contributed by atoms with E-state index in [1.54, 1.807) is 24.3 Å². The lowest BCUT2D eigenvalue weighted by Gasteiger charge is -2.09. The van der Waals surface area contributed by atoms with Gasteiger partial charge in [-0.2, -0.15) is 10.5 Å². The third-order valence-electron chi connectivity index (χ3n) is 3.01. The van der Waals surface area contributed by atoms with Gasteiger partial charge >= 0.3 is 0 Å². The van der Waals surface area contributed by atoms with Crippen LogP contribution >= 0.6 is 0 Å². The fourth-order valence-electron chi connectivity index (χ4n) is 1.86. The van der Waals surface area contributed by atoms with Gasteiger partial charge in [-0.3, -0.25) is 0 Å². The fraction of sp³-hybridized carbons (Fsp3) is 0.125. The molecule has 0 aliphatic rings. The molecule has 98 valence electrons. The van der Waals surface area contributed by atoms with E-state index in [1.165, 1.54) is 6.07 Å². The van der Waals surface area contributed by atoms with Crippen molar-refractivity contribution in [1.82, 2.24) is 0 Å². The SMILES string of the molecule is Cc1cc(NCc2ccc(C#N)cc2F)ccc1C#N. The van der Waals surface area contributed by atoms with Gasteiger partial charge < -0.3 is 5.32 Å². The van der Waals surface area contributed by atoms with E-state index < -0.39 is 5.82 Å². The summed E-state index contributed by atoms with van der Waals surface area (Å²) in [4.78, 5) is 0. The Labute approximate surface area is 116 Å². The Morgan fingerprint density at radius 3 is 2.50 bits per heavy atom. The molecule has 2 rings (SSSR count). The average molecular weight is 265 g/mol. The van der Waals surface area contributed by atoms with Crippen LogP contribution in [0.25, 0.3) is 0 Å². The van der Waals surface area contributed by atoms with Gasteiger partial charge in [0.05, 0.1) is 23.3 Å². The number of nitrogens with one attached hydrogen (secondary N) is 1. The molecular weight excluding hydrogens is 253 g/mol. The summed E-state index contributed by atoms with van der Waals surface area (Å²) in [5, 5.41) is 20.6. The number of hydrogen-bond acceptors (Lipinski definition) is 3. The summed E-state index contributed by atoms with van der Waals surface area (Å²) in [6, 6.07) is 13.8. The van der Waals surface area contributed by atoms with Gasteiger partial charge in [0.2, 0.25) is 0 Å². The van der Waals surface area contributed by atoms with Crippen molar-refractivity contribution >= 4 is 5.69 Å². The van der Waals surface area contributed by atoms with Crippen molar-refractivity contribution in [3.8, 4) is 12.1 Å². The molecule has 20 heavy (non-hydrogen) atoms. The molecule has 0 aliphatic heterocycles. The molecule has 0 saturated heterocycles. The number of benzene rings is 2. The van der Waals surface area contributed by atoms with Gasteiger partial charge in [0.15, 0.2) is 0 Å². The molecular formula is C16H12FN3. The number of rotatable bonds is 3. The normalized spacial score (nSPS) is 9.60. The fourth-order valence-corrected chi connectivity index (χ4v) is 1.86. The summed E-state index contributed by atoms with van der Waals surface area (Å²) < 4.78 is 13.7. The number of nitrogens with zero attached hydrogens (tertiary/aromatic N) is 2. The average Bonchev–Trinajstić information content (AvgIpc) is 2.46. The highest BCUT2D eigenvalue weighted by Crippen LogP contribution is 2.16. The van der Waals surface area contributed by atoms with Gasteiger partial charge in [-0.05, 0) is 42.8 Å². The zero-order chi connectivity index (χ0) is 14.5. The molecule has 0 fully saturated rings. The van der Waals surface area contributed by atoms with Crippen molar-refractivity contribution in [2.45, 2.75) is 13.5 Å². The van der Waals surface area contributed by atoms with Gasteiger partial charge in [-0.25, -0.2) is 4.39 Å². The maximum absolute atomic E-state index is 13.7. The highest BCUT2D eigenvalue weighted by Gasteiger charge is 2.04. The molecule has 3 nitrogen and oxygen atoms in total. The maximum atomic E-state index is 13.7. The predicted octanol–water partition coefficient (Wildman–Crippen LogP) is 3.49. The molecule has 0 aromatic heterocycles. The van der Waals surface area contributed by atoms with Crippen LogP contribution < -0.4 is 5.32 Å². The summed E-state index contributed by atoms with van der Waals surface area (Å²) in [5.74, 6) is -0.401. The van der Waals surface area contributed by atoms with Crippen LogP contribution in [0.2, 0.25) is 0 Å². The summed E-state index contributed by atoms with van der Waals surface area (Å²) >= 11 is 0. The third-order valence-corrected chi connectivity index (χ3v) is 3.01. The first-order chi connectivity index (χ1) is 9.63. The zero-order valence-corrected chi connectivity index (χ0v) is 10.9. The van der Waals surface area contributed by atoms with Crippen molar-refractivity contribution in [2.75, 3.05) is 5.32 Å². The molecule has 0 unspecified atom stereocenters. The third kappa shape index (κ3) is 2.93. The van der Waals surface area contributed by atoms with E-state index in [1.807, 2.05) is 19.1 Å². The minimum absolute atomic E-state index is 0.306. The Kier molecular flexibility index (Phi) is 3.98. The van der Waals surface area contributed by atoms with E-state index in [0.717, 1.165) is 11.3 Å². The smallest absolute Gasteiger partial charge is 0.129 e. The van der Waals surface area contributed by atoms with E-state index in [9.17, 15) is 4.39 Å². The number of anilines is 1. The molecule has 0 atom stereocenters. The van der Waals surface area contributed by atoms with Crippen LogP contribution in [-0.2, 0) is 6.54 Å². The Balaban J connectivity index is 2.11. The molecule has 0 saturated carbocycles. The van der Waals surface area contributed by atoms with E-state index in [2.05, 4.69) is 11.4 Å². The molecule has 0 aliphatic carbocycles. The lowest BCUT2D eigenvalue weighted by atomic mass is 10.1. The monoisotopic (exact) mass is 265 g/mol. The van der Waals surface area contributed by atoms with Crippen LogP contribution in [0.5, 0.6) is 0 Å². The van der Waals surface area contributed by atoms with Crippen LogP contribution in [0, 0.1) is 35.4 Å². The Morgan fingerprint density at radius 1 is 1.10 bits per heavy atom. The number of hydrogen-bond donors (Lipinski definition) is 1. The Hall–Kier alpha value is -2.85. The summed E-state index contributed by atoms with van der Waals surface area (Å²) in [6.07, 6.45) is 0. The Bertz CT molecular complexity index is 723. The topological polar surface area (TPSA) is 59.6 Å². The van der Waals surface area contributed by atoms with Crippen molar-refractivity contribution in [3.63, 3.8) is 0 Å². The molecule has 1 N–H and O–H groups in total. The molecule has 0 spiro atoms. The minimum atomic E-state index is -0.401. The molecule has 2 aromatic rings. The first kappa shape index (κ1) is 13.6. The molecule has 0 amide bonds. The summed E-state index contributed by atoms with van der Waals surface area (Å²) in [6.45, 7) is 2.18. The van der Waals surface area contributed by atoms with E-state index >= 15 is 0 Å². The molecule has 2 aromatic carbocycles. The van der Waals surface area contributed by atoms with E-state index in [4.69, 9.17) is 10.5 Å². The van der Waals surface area contributed by atoms with Crippen LogP contribution in [-0.4, -0.2) is 0 Å². The minimum Gasteiger partial charge on any atom is -0.381 e. The van der Waals surface area contributed by atoms with E-state index in [-0.39, 0.29) is 0 Å². The van der Waals surface area contributed by atoms with Crippen LogP contribution in [0.1, 0.15) is 22.3 Å². The van der Waals surface area contributed by atoms with Gasteiger partial charge in [0, 0.05) is 17.8 Å². The van der Waals surface area contributed by atoms with E-state index in [0.29, 0.717) is 23.2 Å². The first-order valence-corrected chi connectivity index (χ1v) is 6.07.